The monoisotopic (exact) mass is 352 g/mol. The van der Waals surface area contributed by atoms with Gasteiger partial charge in [0.15, 0.2) is 5.65 Å². The largest absolute Gasteiger partial charge is 0.368 e. The van der Waals surface area contributed by atoms with Crippen LogP contribution in [0.1, 0.15) is 41.1 Å². The molecule has 26 heavy (non-hydrogen) atoms. The van der Waals surface area contributed by atoms with Gasteiger partial charge >= 0.3 is 0 Å². The Balaban J connectivity index is 1.35. The van der Waals surface area contributed by atoms with Crippen LogP contribution < -0.4 is 0 Å². The third-order valence-electron chi connectivity index (χ3n) is 5.83. The number of hydrogen-bond donors (Lipinski definition) is 1. The van der Waals surface area contributed by atoms with Gasteiger partial charge in [0.25, 0.3) is 0 Å². The number of rotatable bonds is 2. The zero-order valence-corrected chi connectivity index (χ0v) is 15.3. The summed E-state index contributed by atoms with van der Waals surface area (Å²) in [6, 6.07) is 2.07. The van der Waals surface area contributed by atoms with E-state index in [1.807, 2.05) is 23.8 Å². The van der Waals surface area contributed by atoms with Crippen molar-refractivity contribution in [3.63, 3.8) is 0 Å². The van der Waals surface area contributed by atoms with Crippen molar-refractivity contribution in [1.29, 1.82) is 0 Å². The first-order valence-electron chi connectivity index (χ1n) is 9.34. The predicted octanol–water partition coefficient (Wildman–Crippen LogP) is 2.13. The molecule has 1 saturated heterocycles. The molecule has 0 radical (unpaired) electrons. The molecule has 5 rings (SSSR count). The normalized spacial score (nSPS) is 19.9. The van der Waals surface area contributed by atoms with Gasteiger partial charge in [0.1, 0.15) is 5.60 Å². The van der Waals surface area contributed by atoms with Crippen molar-refractivity contribution in [2.24, 2.45) is 0 Å². The summed E-state index contributed by atoms with van der Waals surface area (Å²) < 4.78 is 8.19. The van der Waals surface area contributed by atoms with Crippen LogP contribution in [0, 0.1) is 13.8 Å². The average molecular weight is 352 g/mol. The lowest BCUT2D eigenvalue weighted by Gasteiger charge is -2.43. The fourth-order valence-electron chi connectivity index (χ4n) is 4.46. The second kappa shape index (κ2) is 5.89. The van der Waals surface area contributed by atoms with Crippen LogP contribution in [0.3, 0.4) is 0 Å². The topological polar surface area (TPSA) is 71.3 Å². The van der Waals surface area contributed by atoms with Gasteiger partial charge in [0, 0.05) is 36.6 Å². The number of ether oxygens (including phenoxy) is 1. The number of aromatic amines is 1. The summed E-state index contributed by atoms with van der Waals surface area (Å²) in [6.07, 6.45) is 6.87. The van der Waals surface area contributed by atoms with Crippen LogP contribution in [0.5, 0.6) is 0 Å². The van der Waals surface area contributed by atoms with Crippen molar-refractivity contribution in [1.82, 2.24) is 29.7 Å². The summed E-state index contributed by atoms with van der Waals surface area (Å²) in [4.78, 5) is 7.19. The molecule has 3 aromatic rings. The van der Waals surface area contributed by atoms with E-state index >= 15 is 0 Å². The molecule has 0 bridgehead atoms. The number of likely N-dealkylation sites (tertiary alicyclic amines) is 1. The van der Waals surface area contributed by atoms with Gasteiger partial charge in [0.2, 0.25) is 0 Å². The number of aromatic nitrogens is 5. The van der Waals surface area contributed by atoms with Crippen molar-refractivity contribution in [2.75, 3.05) is 19.7 Å². The molecule has 0 unspecified atom stereocenters. The molecular formula is C19H24N6O. The van der Waals surface area contributed by atoms with Crippen LogP contribution in [0.4, 0.5) is 0 Å². The third kappa shape index (κ3) is 2.46. The van der Waals surface area contributed by atoms with E-state index in [-0.39, 0.29) is 5.60 Å². The van der Waals surface area contributed by atoms with E-state index in [4.69, 9.17) is 9.72 Å². The van der Waals surface area contributed by atoms with Crippen LogP contribution in [0.15, 0.2) is 18.5 Å². The minimum Gasteiger partial charge on any atom is -0.368 e. The van der Waals surface area contributed by atoms with E-state index in [1.165, 1.54) is 16.8 Å². The average Bonchev–Trinajstić information content (AvgIpc) is 3.26. The maximum Gasteiger partial charge on any atom is 0.159 e. The molecule has 0 aromatic carbocycles. The van der Waals surface area contributed by atoms with Crippen molar-refractivity contribution < 1.29 is 4.74 Å². The third-order valence-corrected chi connectivity index (χ3v) is 5.83. The van der Waals surface area contributed by atoms with Gasteiger partial charge in [-0.15, -0.1) is 0 Å². The van der Waals surface area contributed by atoms with Crippen LogP contribution in [-0.2, 0) is 23.3 Å². The number of nitrogens with zero attached hydrogens (tertiary/aromatic N) is 5. The summed E-state index contributed by atoms with van der Waals surface area (Å²) in [5.41, 5.74) is 6.69. The zero-order chi connectivity index (χ0) is 17.7. The highest BCUT2D eigenvalue weighted by Crippen LogP contribution is 2.40. The fraction of sp³-hybridized carbons (Fsp3) is 0.526. The maximum atomic E-state index is 6.25. The molecule has 1 spiro atoms. The van der Waals surface area contributed by atoms with Crippen LogP contribution >= 0.6 is 0 Å². The Labute approximate surface area is 152 Å². The summed E-state index contributed by atoms with van der Waals surface area (Å²) in [7, 11) is 0. The number of piperidine rings is 1. The standard InChI is InChI=1S/C19H24N6O/c1-13-9-14(2)25-18(22-13)16(11-21-25)12-24-6-4-19(5-7-24)17-15(3-8-26-19)10-20-23-17/h9-11H,3-8,12H2,1-2H3,(H,20,23). The van der Waals surface area contributed by atoms with Gasteiger partial charge in [0.05, 0.1) is 24.7 Å². The smallest absolute Gasteiger partial charge is 0.159 e. The molecule has 0 saturated carbocycles. The number of H-pyrrole nitrogens is 1. The minimum absolute atomic E-state index is 0.174. The Hall–Kier alpha value is -2.25. The molecule has 0 aliphatic carbocycles. The Morgan fingerprint density at radius 2 is 2.08 bits per heavy atom. The highest BCUT2D eigenvalue weighted by atomic mass is 16.5. The Morgan fingerprint density at radius 1 is 1.23 bits per heavy atom. The SMILES string of the molecule is Cc1cc(C)n2ncc(CN3CCC4(CC3)OCCc3cn[nH]c34)c2n1. The predicted molar refractivity (Wildman–Crippen MR) is 96.9 cm³/mol. The van der Waals surface area contributed by atoms with Crippen molar-refractivity contribution >= 4 is 5.65 Å². The summed E-state index contributed by atoms with van der Waals surface area (Å²) in [5, 5.41) is 12.0. The van der Waals surface area contributed by atoms with E-state index in [0.717, 1.165) is 62.5 Å². The van der Waals surface area contributed by atoms with Gasteiger partial charge in [-0.3, -0.25) is 10.00 Å². The van der Waals surface area contributed by atoms with Crippen LogP contribution in [-0.4, -0.2) is 49.4 Å². The molecule has 7 heteroatoms. The molecule has 1 fully saturated rings. The molecule has 0 amide bonds. The molecular weight excluding hydrogens is 328 g/mol. The van der Waals surface area contributed by atoms with Crippen LogP contribution in [0.25, 0.3) is 5.65 Å². The highest BCUT2D eigenvalue weighted by Gasteiger charge is 2.42. The van der Waals surface area contributed by atoms with Gasteiger partial charge in [-0.1, -0.05) is 0 Å². The quantitative estimate of drug-likeness (QED) is 0.765. The summed E-state index contributed by atoms with van der Waals surface area (Å²) in [5.74, 6) is 0. The summed E-state index contributed by atoms with van der Waals surface area (Å²) >= 11 is 0. The molecule has 0 atom stereocenters. The molecule has 2 aliphatic heterocycles. The minimum atomic E-state index is -0.174. The number of fused-ring (bicyclic) bond motifs is 3. The van der Waals surface area contributed by atoms with Gasteiger partial charge in [-0.2, -0.15) is 10.2 Å². The zero-order valence-electron chi connectivity index (χ0n) is 15.3. The summed E-state index contributed by atoms with van der Waals surface area (Å²) in [6.45, 7) is 7.79. The fourth-order valence-corrected chi connectivity index (χ4v) is 4.46. The van der Waals surface area contributed by atoms with E-state index in [0.29, 0.717) is 0 Å². The van der Waals surface area contributed by atoms with E-state index in [1.54, 1.807) is 0 Å². The first-order chi connectivity index (χ1) is 12.6. The van der Waals surface area contributed by atoms with Crippen molar-refractivity contribution in [3.05, 3.63) is 46.7 Å². The van der Waals surface area contributed by atoms with E-state index in [2.05, 4.69) is 33.2 Å². The van der Waals surface area contributed by atoms with Crippen LogP contribution in [0.2, 0.25) is 0 Å². The second-order valence-corrected chi connectivity index (χ2v) is 7.58. The Bertz CT molecular complexity index is 950. The Kier molecular flexibility index (Phi) is 3.62. The maximum absolute atomic E-state index is 6.25. The lowest BCUT2D eigenvalue weighted by atomic mass is 9.83. The van der Waals surface area contributed by atoms with Gasteiger partial charge in [-0.25, -0.2) is 9.50 Å². The van der Waals surface area contributed by atoms with Gasteiger partial charge in [-0.05, 0) is 44.7 Å². The lowest BCUT2D eigenvalue weighted by Crippen LogP contribution is -2.46. The van der Waals surface area contributed by atoms with Gasteiger partial charge < -0.3 is 4.74 Å². The molecule has 3 aromatic heterocycles. The lowest BCUT2D eigenvalue weighted by molar-refractivity contribution is -0.102. The molecule has 5 heterocycles. The van der Waals surface area contributed by atoms with Crippen molar-refractivity contribution in [3.8, 4) is 0 Å². The van der Waals surface area contributed by atoms with E-state index in [9.17, 15) is 0 Å². The first-order valence-corrected chi connectivity index (χ1v) is 9.34. The molecule has 2 aliphatic rings. The number of nitrogens with one attached hydrogen (secondary N) is 1. The molecule has 1 N–H and O–H groups in total. The van der Waals surface area contributed by atoms with E-state index < -0.39 is 0 Å². The van der Waals surface area contributed by atoms with Crippen molar-refractivity contribution in [2.45, 2.75) is 45.3 Å². The number of hydrogen-bond acceptors (Lipinski definition) is 5. The second-order valence-electron chi connectivity index (χ2n) is 7.58. The molecule has 7 nitrogen and oxygen atoms in total. The first kappa shape index (κ1) is 16.0. The number of aryl methyl sites for hydroxylation is 2. The Morgan fingerprint density at radius 3 is 2.92 bits per heavy atom. The highest BCUT2D eigenvalue weighted by molar-refractivity contribution is 5.47. The molecule has 136 valence electrons.